The number of nitrogens with one attached hydrogen (secondary N) is 3. The summed E-state index contributed by atoms with van der Waals surface area (Å²) in [5.41, 5.74) is 6.61. The predicted octanol–water partition coefficient (Wildman–Crippen LogP) is 6.99. The Morgan fingerprint density at radius 3 is 2.43 bits per heavy atom. The fourth-order valence-electron chi connectivity index (χ4n) is 7.76. The van der Waals surface area contributed by atoms with Crippen molar-refractivity contribution >= 4 is 34.4 Å². The summed E-state index contributed by atoms with van der Waals surface area (Å²) in [5, 5.41) is 6.22. The molecular formula is C43H43N7O4. The van der Waals surface area contributed by atoms with E-state index in [2.05, 4.69) is 20.6 Å². The van der Waals surface area contributed by atoms with Crippen LogP contribution in [0.25, 0.3) is 33.8 Å². The fourth-order valence-corrected chi connectivity index (χ4v) is 7.76. The number of carbonyl (C=O) groups is 3. The van der Waals surface area contributed by atoms with Crippen LogP contribution in [0.1, 0.15) is 60.3 Å². The van der Waals surface area contributed by atoms with Gasteiger partial charge in [-0.05, 0) is 86.7 Å². The molecule has 2 aliphatic rings. The van der Waals surface area contributed by atoms with E-state index in [9.17, 15) is 14.4 Å². The Kier molecular flexibility index (Phi) is 9.79. The summed E-state index contributed by atoms with van der Waals surface area (Å²) in [7, 11) is 1.76. The number of hydrogen-bond acceptors (Lipinski definition) is 7. The van der Waals surface area contributed by atoms with E-state index >= 15 is 0 Å². The fraction of sp³-hybridized carbons (Fsp3) is 0.279. The van der Waals surface area contributed by atoms with Crippen LogP contribution < -0.4 is 10.6 Å². The Hall–Kier alpha value is -6.07. The Morgan fingerprint density at radius 2 is 1.63 bits per heavy atom. The molecule has 3 atom stereocenters. The minimum atomic E-state index is -0.571. The summed E-state index contributed by atoms with van der Waals surface area (Å²) >= 11 is 0. The van der Waals surface area contributed by atoms with Gasteiger partial charge in [0.1, 0.15) is 17.9 Å². The highest BCUT2D eigenvalue weighted by Crippen LogP contribution is 2.34. The molecule has 2 fully saturated rings. The molecule has 2 saturated heterocycles. The van der Waals surface area contributed by atoms with Crippen LogP contribution >= 0.6 is 0 Å². The highest BCUT2D eigenvalue weighted by molar-refractivity contribution is 5.99. The molecule has 0 bridgehead atoms. The molecule has 0 unspecified atom stereocenters. The number of benzene rings is 4. The maximum atomic E-state index is 13.7. The van der Waals surface area contributed by atoms with Crippen molar-refractivity contribution in [2.24, 2.45) is 0 Å². The Bertz CT molecular complexity index is 2300. The minimum absolute atomic E-state index is 0.0954. The first-order valence-electron chi connectivity index (χ1n) is 18.6. The number of hydrogen-bond donors (Lipinski definition) is 3. The third-order valence-electron chi connectivity index (χ3n) is 10.6. The molecule has 2 aromatic heterocycles. The van der Waals surface area contributed by atoms with Crippen molar-refractivity contribution in [1.29, 1.82) is 0 Å². The number of rotatable bonds is 10. The van der Waals surface area contributed by atoms with E-state index < -0.39 is 12.1 Å². The summed E-state index contributed by atoms with van der Waals surface area (Å²) in [4.78, 5) is 57.2. The Morgan fingerprint density at radius 1 is 0.889 bits per heavy atom. The van der Waals surface area contributed by atoms with Gasteiger partial charge in [-0.25, -0.2) is 9.97 Å². The van der Waals surface area contributed by atoms with E-state index in [1.807, 2.05) is 109 Å². The number of likely N-dealkylation sites (tertiary alicyclic amines) is 2. The summed E-state index contributed by atoms with van der Waals surface area (Å²) in [5.74, 6) is 1.57. The molecule has 54 heavy (non-hydrogen) atoms. The zero-order valence-electron chi connectivity index (χ0n) is 30.4. The smallest absolute Gasteiger partial charge is 0.247 e. The molecule has 0 spiro atoms. The van der Waals surface area contributed by atoms with Crippen molar-refractivity contribution in [2.75, 3.05) is 25.5 Å². The SMILES string of the molecule is CN[C@@H](C(=O)N1CCC[C@H]1C(=O)Nc1cc(-c2ncc(-c3ccc4nc([C@@H]5CCCN5C(=O)Cc5ccccc5)[nH]c4c3)o2)ccc1C)c1ccccc1. The molecule has 3 N–H and O–H groups in total. The second kappa shape index (κ2) is 15.1. The van der Waals surface area contributed by atoms with E-state index in [1.165, 1.54) is 0 Å². The van der Waals surface area contributed by atoms with Gasteiger partial charge in [-0.15, -0.1) is 0 Å². The molecule has 11 nitrogen and oxygen atoms in total. The molecule has 0 aliphatic carbocycles. The van der Waals surface area contributed by atoms with Gasteiger partial charge in [0.05, 0.1) is 29.7 Å². The number of oxazole rings is 1. The number of H-pyrrole nitrogens is 1. The largest absolute Gasteiger partial charge is 0.436 e. The van der Waals surface area contributed by atoms with Crippen molar-refractivity contribution in [3.8, 4) is 22.8 Å². The monoisotopic (exact) mass is 721 g/mol. The third-order valence-corrected chi connectivity index (χ3v) is 10.6. The van der Waals surface area contributed by atoms with Gasteiger partial charge < -0.3 is 29.8 Å². The number of imidazole rings is 1. The molecule has 11 heteroatoms. The maximum absolute atomic E-state index is 13.7. The van der Waals surface area contributed by atoms with Gasteiger partial charge in [-0.1, -0.05) is 66.7 Å². The van der Waals surface area contributed by atoms with E-state index in [1.54, 1.807) is 18.1 Å². The van der Waals surface area contributed by atoms with E-state index in [4.69, 9.17) is 9.40 Å². The summed E-state index contributed by atoms with van der Waals surface area (Å²) < 4.78 is 6.27. The molecule has 4 heterocycles. The lowest BCUT2D eigenvalue weighted by Gasteiger charge is -2.28. The molecule has 6 aromatic rings. The van der Waals surface area contributed by atoms with Crippen molar-refractivity contribution in [2.45, 2.75) is 57.2 Å². The molecule has 0 radical (unpaired) electrons. The van der Waals surface area contributed by atoms with Gasteiger partial charge in [0.15, 0.2) is 5.76 Å². The number of carbonyl (C=O) groups excluding carboxylic acids is 3. The van der Waals surface area contributed by atoms with Crippen LogP contribution in [0.15, 0.2) is 108 Å². The zero-order chi connectivity index (χ0) is 37.2. The summed E-state index contributed by atoms with van der Waals surface area (Å²) in [6.45, 7) is 3.18. The molecule has 3 amide bonds. The van der Waals surface area contributed by atoms with Gasteiger partial charge in [-0.3, -0.25) is 14.4 Å². The topological polar surface area (TPSA) is 136 Å². The van der Waals surface area contributed by atoms with Crippen molar-refractivity contribution in [3.05, 3.63) is 126 Å². The number of aryl methyl sites for hydroxylation is 1. The van der Waals surface area contributed by atoms with Crippen LogP contribution in [-0.4, -0.2) is 68.7 Å². The normalized spacial score (nSPS) is 17.6. The van der Waals surface area contributed by atoms with E-state index in [0.717, 1.165) is 58.4 Å². The van der Waals surface area contributed by atoms with Gasteiger partial charge in [0.2, 0.25) is 23.6 Å². The van der Waals surface area contributed by atoms with Crippen molar-refractivity contribution in [3.63, 3.8) is 0 Å². The van der Waals surface area contributed by atoms with Crippen molar-refractivity contribution in [1.82, 2.24) is 30.1 Å². The predicted molar refractivity (Wildman–Crippen MR) is 207 cm³/mol. The summed E-state index contributed by atoms with van der Waals surface area (Å²) in [6, 6.07) is 29.8. The molecular weight excluding hydrogens is 679 g/mol. The average molecular weight is 722 g/mol. The Balaban J connectivity index is 0.964. The van der Waals surface area contributed by atoms with Crippen LogP contribution in [-0.2, 0) is 20.8 Å². The second-order valence-corrected chi connectivity index (χ2v) is 14.1. The minimum Gasteiger partial charge on any atom is -0.436 e. The van der Waals surface area contributed by atoms with Crippen molar-refractivity contribution < 1.29 is 18.8 Å². The molecule has 4 aromatic carbocycles. The number of anilines is 1. The van der Waals surface area contributed by atoms with Gasteiger partial charge in [-0.2, -0.15) is 0 Å². The second-order valence-electron chi connectivity index (χ2n) is 14.1. The van der Waals surface area contributed by atoms with Crippen LogP contribution in [0, 0.1) is 6.92 Å². The molecule has 274 valence electrons. The third kappa shape index (κ3) is 7.02. The summed E-state index contributed by atoms with van der Waals surface area (Å²) in [6.07, 6.45) is 5.21. The average Bonchev–Trinajstić information content (AvgIpc) is 4.03. The first-order valence-corrected chi connectivity index (χ1v) is 18.6. The molecule has 2 aliphatic heterocycles. The zero-order valence-corrected chi connectivity index (χ0v) is 30.4. The number of nitrogens with zero attached hydrogens (tertiary/aromatic N) is 4. The van der Waals surface area contributed by atoms with Crippen LogP contribution in [0.5, 0.6) is 0 Å². The standard InChI is InChI=1S/C43H43N7O4/c1-27-17-18-31(25-33(27)48-41(52)36-16-10-22-50(36)43(53)39(44-2)29-13-7-4-8-14-29)42-45-26-37(54-42)30-19-20-32-34(24-30)47-40(46-32)35-15-9-21-49(35)38(51)23-28-11-5-3-6-12-28/h3-8,11-14,17-20,24-26,35-36,39,44H,9-10,15-16,21-23H2,1-2H3,(H,46,47)(H,48,52)/t35-,36-,39+/m0/s1. The van der Waals surface area contributed by atoms with Gasteiger partial charge in [0.25, 0.3) is 0 Å². The van der Waals surface area contributed by atoms with Gasteiger partial charge in [0, 0.05) is 29.9 Å². The van der Waals surface area contributed by atoms with Crippen LogP contribution in [0.4, 0.5) is 5.69 Å². The van der Waals surface area contributed by atoms with Crippen LogP contribution in [0.2, 0.25) is 0 Å². The van der Waals surface area contributed by atoms with E-state index in [-0.39, 0.29) is 23.8 Å². The maximum Gasteiger partial charge on any atom is 0.247 e. The number of aromatic nitrogens is 3. The number of aromatic amines is 1. The van der Waals surface area contributed by atoms with Gasteiger partial charge >= 0.3 is 0 Å². The lowest BCUT2D eigenvalue weighted by Crippen LogP contribution is -2.47. The molecule has 8 rings (SSSR count). The van der Waals surface area contributed by atoms with E-state index in [0.29, 0.717) is 48.8 Å². The number of likely N-dealkylation sites (N-methyl/N-ethyl adjacent to an activating group) is 1. The first-order chi connectivity index (χ1) is 26.4. The number of fused-ring (bicyclic) bond motifs is 1. The Labute approximate surface area is 313 Å². The number of amides is 3. The lowest BCUT2D eigenvalue weighted by atomic mass is 10.0. The lowest BCUT2D eigenvalue weighted by molar-refractivity contribution is -0.138. The quantitative estimate of drug-likeness (QED) is 0.139. The highest BCUT2D eigenvalue weighted by Gasteiger charge is 2.37. The molecule has 0 saturated carbocycles. The first kappa shape index (κ1) is 35.0. The highest BCUT2D eigenvalue weighted by atomic mass is 16.4. The van der Waals surface area contributed by atoms with Crippen LogP contribution in [0.3, 0.4) is 0 Å².